The van der Waals surface area contributed by atoms with Gasteiger partial charge in [-0.2, -0.15) is 0 Å². The summed E-state index contributed by atoms with van der Waals surface area (Å²) in [5, 5.41) is 4.65. The van der Waals surface area contributed by atoms with E-state index in [9.17, 15) is 9.59 Å². The monoisotopic (exact) mass is 392 g/mol. The molecular formula is C17H17BrN2O2S. The number of para-hydroxylation sites is 1. The Kier molecular flexibility index (Phi) is 5.13. The first-order valence-corrected chi connectivity index (χ1v) is 9.26. The molecule has 0 unspecified atom stereocenters. The molecular weight excluding hydrogens is 376 g/mol. The van der Waals surface area contributed by atoms with Crippen LogP contribution in [-0.2, 0) is 0 Å². The number of hydrogen-bond donors (Lipinski definition) is 1. The molecule has 0 spiro atoms. The normalized spacial score (nSPS) is 14.6. The van der Waals surface area contributed by atoms with Gasteiger partial charge >= 0.3 is 0 Å². The quantitative estimate of drug-likeness (QED) is 0.841. The molecule has 1 fully saturated rings. The molecule has 2 amide bonds. The number of amides is 2. The van der Waals surface area contributed by atoms with Crippen LogP contribution in [0.1, 0.15) is 40.0 Å². The molecule has 0 aliphatic carbocycles. The van der Waals surface area contributed by atoms with Gasteiger partial charge in [0.25, 0.3) is 11.8 Å². The van der Waals surface area contributed by atoms with Gasteiger partial charge in [0.05, 0.1) is 20.6 Å². The van der Waals surface area contributed by atoms with Gasteiger partial charge in [0.2, 0.25) is 0 Å². The minimum absolute atomic E-state index is 0.00732. The van der Waals surface area contributed by atoms with E-state index in [-0.39, 0.29) is 11.8 Å². The van der Waals surface area contributed by atoms with E-state index in [4.69, 9.17) is 0 Å². The lowest BCUT2D eigenvalue weighted by Gasteiger charge is -2.27. The van der Waals surface area contributed by atoms with Crippen LogP contribution in [0, 0.1) is 0 Å². The van der Waals surface area contributed by atoms with Crippen molar-refractivity contribution in [3.05, 3.63) is 50.6 Å². The lowest BCUT2D eigenvalue weighted by atomic mass is 10.1. The fourth-order valence-corrected chi connectivity index (χ4v) is 3.81. The summed E-state index contributed by atoms with van der Waals surface area (Å²) >= 11 is 4.81. The van der Waals surface area contributed by atoms with E-state index in [0.29, 0.717) is 16.8 Å². The van der Waals surface area contributed by atoms with E-state index in [2.05, 4.69) is 21.2 Å². The Morgan fingerprint density at radius 1 is 1.13 bits per heavy atom. The van der Waals surface area contributed by atoms with E-state index >= 15 is 0 Å². The summed E-state index contributed by atoms with van der Waals surface area (Å²) in [7, 11) is 0. The Morgan fingerprint density at radius 2 is 1.87 bits per heavy atom. The number of thiophene rings is 1. The minimum Gasteiger partial charge on any atom is -0.339 e. The van der Waals surface area contributed by atoms with Crippen LogP contribution in [-0.4, -0.2) is 29.8 Å². The molecule has 1 aliphatic heterocycles. The Labute approximate surface area is 147 Å². The standard InChI is InChI=1S/C17H17BrN2O2S/c18-15-10-12(11-23-15)16(21)19-14-7-3-2-6-13(14)17(22)20-8-4-1-5-9-20/h2-3,6-7,10-11H,1,4-5,8-9H2,(H,19,21). The lowest BCUT2D eigenvalue weighted by Crippen LogP contribution is -2.36. The number of benzene rings is 1. The molecule has 4 nitrogen and oxygen atoms in total. The maximum atomic E-state index is 12.7. The van der Waals surface area contributed by atoms with Gasteiger partial charge in [0.1, 0.15) is 0 Å². The molecule has 120 valence electrons. The highest BCUT2D eigenvalue weighted by Gasteiger charge is 2.21. The Morgan fingerprint density at radius 3 is 2.57 bits per heavy atom. The fourth-order valence-electron chi connectivity index (χ4n) is 2.67. The number of nitrogens with one attached hydrogen (secondary N) is 1. The van der Waals surface area contributed by atoms with Crippen molar-refractivity contribution in [3.63, 3.8) is 0 Å². The molecule has 3 rings (SSSR count). The number of likely N-dealkylation sites (tertiary alicyclic amines) is 1. The molecule has 1 N–H and O–H groups in total. The van der Waals surface area contributed by atoms with Crippen LogP contribution >= 0.6 is 27.3 Å². The average Bonchev–Trinajstić information content (AvgIpc) is 3.02. The molecule has 0 atom stereocenters. The Bertz CT molecular complexity index is 723. The van der Waals surface area contributed by atoms with Crippen LogP contribution < -0.4 is 5.32 Å². The van der Waals surface area contributed by atoms with Crippen LogP contribution in [0.15, 0.2) is 39.5 Å². The third-order valence-corrected chi connectivity index (χ3v) is 5.38. The number of halogens is 1. The predicted octanol–water partition coefficient (Wildman–Crippen LogP) is 4.39. The molecule has 0 bridgehead atoms. The van der Waals surface area contributed by atoms with Crippen molar-refractivity contribution in [1.82, 2.24) is 4.90 Å². The Hall–Kier alpha value is -1.66. The summed E-state index contributed by atoms with van der Waals surface area (Å²) in [4.78, 5) is 26.9. The number of rotatable bonds is 3. The number of piperidine rings is 1. The van der Waals surface area contributed by atoms with E-state index in [1.165, 1.54) is 17.8 Å². The van der Waals surface area contributed by atoms with E-state index in [1.54, 1.807) is 23.6 Å². The third-order valence-electron chi connectivity index (χ3n) is 3.88. The van der Waals surface area contributed by atoms with Gasteiger partial charge in [0, 0.05) is 18.5 Å². The maximum absolute atomic E-state index is 12.7. The van der Waals surface area contributed by atoms with Crippen molar-refractivity contribution >= 4 is 44.8 Å². The molecule has 0 radical (unpaired) electrons. The zero-order valence-corrected chi connectivity index (χ0v) is 15.0. The second-order valence-corrected chi connectivity index (χ2v) is 7.78. The van der Waals surface area contributed by atoms with E-state index in [0.717, 1.165) is 29.7 Å². The van der Waals surface area contributed by atoms with Crippen molar-refractivity contribution in [2.24, 2.45) is 0 Å². The van der Waals surface area contributed by atoms with Gasteiger partial charge in [-0.15, -0.1) is 11.3 Å². The topological polar surface area (TPSA) is 49.4 Å². The first-order chi connectivity index (χ1) is 11.1. The second kappa shape index (κ2) is 7.27. The van der Waals surface area contributed by atoms with Crippen LogP contribution in [0.2, 0.25) is 0 Å². The van der Waals surface area contributed by atoms with E-state index in [1.807, 2.05) is 17.0 Å². The number of carbonyl (C=O) groups excluding carboxylic acids is 2. The van der Waals surface area contributed by atoms with Crippen molar-refractivity contribution in [2.45, 2.75) is 19.3 Å². The zero-order valence-electron chi connectivity index (χ0n) is 12.5. The number of carbonyl (C=O) groups is 2. The van der Waals surface area contributed by atoms with Crippen molar-refractivity contribution < 1.29 is 9.59 Å². The van der Waals surface area contributed by atoms with Crippen LogP contribution in [0.3, 0.4) is 0 Å². The lowest BCUT2D eigenvalue weighted by molar-refractivity contribution is 0.0725. The molecule has 2 aromatic rings. The summed E-state index contributed by atoms with van der Waals surface area (Å²) in [6, 6.07) is 8.97. The zero-order chi connectivity index (χ0) is 16.2. The predicted molar refractivity (Wildman–Crippen MR) is 96.2 cm³/mol. The molecule has 1 aromatic carbocycles. The molecule has 2 heterocycles. The van der Waals surface area contributed by atoms with Crippen LogP contribution in [0.4, 0.5) is 5.69 Å². The summed E-state index contributed by atoms with van der Waals surface area (Å²) in [6.07, 6.45) is 3.27. The summed E-state index contributed by atoms with van der Waals surface area (Å²) in [5.74, 6) is -0.210. The SMILES string of the molecule is O=C(Nc1ccccc1C(=O)N1CCCCC1)c1csc(Br)c1. The van der Waals surface area contributed by atoms with Gasteiger partial charge in [-0.3, -0.25) is 9.59 Å². The molecule has 1 aliphatic rings. The highest BCUT2D eigenvalue weighted by atomic mass is 79.9. The van der Waals surface area contributed by atoms with Crippen LogP contribution in [0.25, 0.3) is 0 Å². The molecule has 23 heavy (non-hydrogen) atoms. The van der Waals surface area contributed by atoms with Gasteiger partial charge < -0.3 is 10.2 Å². The molecule has 0 saturated carbocycles. The number of anilines is 1. The highest BCUT2D eigenvalue weighted by Crippen LogP contribution is 2.24. The summed E-state index contributed by atoms with van der Waals surface area (Å²) < 4.78 is 0.903. The van der Waals surface area contributed by atoms with Crippen molar-refractivity contribution in [2.75, 3.05) is 18.4 Å². The Balaban J connectivity index is 1.80. The third kappa shape index (κ3) is 3.82. The van der Waals surface area contributed by atoms with Gasteiger partial charge in [-0.05, 0) is 53.4 Å². The largest absolute Gasteiger partial charge is 0.339 e. The number of nitrogens with zero attached hydrogens (tertiary/aromatic N) is 1. The summed E-state index contributed by atoms with van der Waals surface area (Å²) in [5.41, 5.74) is 1.70. The highest BCUT2D eigenvalue weighted by molar-refractivity contribution is 9.11. The summed E-state index contributed by atoms with van der Waals surface area (Å²) in [6.45, 7) is 1.58. The van der Waals surface area contributed by atoms with Crippen molar-refractivity contribution in [1.29, 1.82) is 0 Å². The molecule has 1 saturated heterocycles. The van der Waals surface area contributed by atoms with Gasteiger partial charge in [-0.1, -0.05) is 12.1 Å². The van der Waals surface area contributed by atoms with Crippen LogP contribution in [0.5, 0.6) is 0 Å². The maximum Gasteiger partial charge on any atom is 0.256 e. The average molecular weight is 393 g/mol. The fraction of sp³-hybridized carbons (Fsp3) is 0.294. The molecule has 1 aromatic heterocycles. The van der Waals surface area contributed by atoms with Gasteiger partial charge in [-0.25, -0.2) is 0 Å². The van der Waals surface area contributed by atoms with Gasteiger partial charge in [0.15, 0.2) is 0 Å². The smallest absolute Gasteiger partial charge is 0.256 e. The van der Waals surface area contributed by atoms with E-state index < -0.39 is 0 Å². The first-order valence-electron chi connectivity index (χ1n) is 7.59. The van der Waals surface area contributed by atoms with Crippen molar-refractivity contribution in [3.8, 4) is 0 Å². The second-order valence-electron chi connectivity index (χ2n) is 5.49. The minimum atomic E-state index is -0.203. The molecule has 6 heteroatoms. The first kappa shape index (κ1) is 16.2. The number of hydrogen-bond acceptors (Lipinski definition) is 3.